The summed E-state index contributed by atoms with van der Waals surface area (Å²) in [6.07, 6.45) is 4.17. The molecule has 0 saturated carbocycles. The average molecular weight is 312 g/mol. The molecule has 2 heterocycles. The number of nitrogens with zero attached hydrogens (tertiary/aromatic N) is 1. The van der Waals surface area contributed by atoms with Crippen LogP contribution in [0.15, 0.2) is 42.7 Å². The van der Waals surface area contributed by atoms with Gasteiger partial charge >= 0.3 is 0 Å². The van der Waals surface area contributed by atoms with Crippen molar-refractivity contribution in [1.82, 2.24) is 15.8 Å². The number of anilines is 1. The van der Waals surface area contributed by atoms with E-state index in [4.69, 9.17) is 4.74 Å². The second-order valence-corrected chi connectivity index (χ2v) is 5.60. The van der Waals surface area contributed by atoms with Crippen LogP contribution in [0, 0.1) is 6.92 Å². The molecule has 1 fully saturated rings. The number of hydrogen-bond donors (Lipinski definition) is 3. The Morgan fingerprint density at radius 3 is 2.78 bits per heavy atom. The Labute approximate surface area is 135 Å². The smallest absolute Gasteiger partial charge is 0.243 e. The number of carbonyl (C=O) groups excluding carboxylic acids is 1. The quantitative estimate of drug-likeness (QED) is 0.804. The molecule has 0 aliphatic carbocycles. The highest BCUT2D eigenvalue weighted by atomic mass is 16.5. The number of pyridine rings is 1. The Hall–Kier alpha value is -2.44. The number of benzene rings is 1. The van der Waals surface area contributed by atoms with Gasteiger partial charge in [0, 0.05) is 18.4 Å². The van der Waals surface area contributed by atoms with Gasteiger partial charge in [0.05, 0.1) is 12.8 Å². The first-order valence-electron chi connectivity index (χ1n) is 7.54. The van der Waals surface area contributed by atoms with Crippen LogP contribution in [0.3, 0.4) is 0 Å². The Balaban J connectivity index is 1.67. The zero-order valence-electron chi connectivity index (χ0n) is 13.2. The minimum atomic E-state index is -0.307. The summed E-state index contributed by atoms with van der Waals surface area (Å²) in [4.78, 5) is 16.5. The Kier molecular flexibility index (Phi) is 4.55. The highest BCUT2D eigenvalue weighted by Gasteiger charge is 2.30. The monoisotopic (exact) mass is 312 g/mol. The first-order chi connectivity index (χ1) is 11.2. The highest BCUT2D eigenvalue weighted by molar-refractivity contribution is 5.96. The molecule has 120 valence electrons. The van der Waals surface area contributed by atoms with E-state index in [1.165, 1.54) is 0 Å². The summed E-state index contributed by atoms with van der Waals surface area (Å²) in [7, 11) is 1.59. The molecule has 1 aromatic heterocycles. The second-order valence-electron chi connectivity index (χ2n) is 5.60. The van der Waals surface area contributed by atoms with Gasteiger partial charge in [-0.2, -0.15) is 0 Å². The van der Waals surface area contributed by atoms with Crippen LogP contribution in [0.1, 0.15) is 23.6 Å². The van der Waals surface area contributed by atoms with Crippen molar-refractivity contribution in [2.45, 2.75) is 25.4 Å². The zero-order valence-corrected chi connectivity index (χ0v) is 13.2. The summed E-state index contributed by atoms with van der Waals surface area (Å²) in [5.41, 5.74) is 9.07. The van der Waals surface area contributed by atoms with Gasteiger partial charge in [-0.05, 0) is 48.7 Å². The lowest BCUT2D eigenvalue weighted by Gasteiger charge is -2.14. The number of aryl methyl sites for hydroxylation is 1. The van der Waals surface area contributed by atoms with Gasteiger partial charge in [0.2, 0.25) is 5.91 Å². The Morgan fingerprint density at radius 2 is 2.04 bits per heavy atom. The van der Waals surface area contributed by atoms with Crippen molar-refractivity contribution in [3.63, 3.8) is 0 Å². The van der Waals surface area contributed by atoms with Gasteiger partial charge in [0.15, 0.2) is 0 Å². The molecule has 1 amide bonds. The number of amides is 1. The van der Waals surface area contributed by atoms with Crippen LogP contribution in [0.25, 0.3) is 0 Å². The molecule has 6 heteroatoms. The highest BCUT2D eigenvalue weighted by Crippen LogP contribution is 2.27. The topological polar surface area (TPSA) is 75.3 Å². The molecule has 2 aromatic rings. The zero-order chi connectivity index (χ0) is 16.2. The van der Waals surface area contributed by atoms with Crippen LogP contribution in [-0.4, -0.2) is 24.0 Å². The molecule has 1 saturated heterocycles. The molecule has 1 aromatic carbocycles. The maximum absolute atomic E-state index is 12.5. The number of rotatable bonds is 4. The van der Waals surface area contributed by atoms with Gasteiger partial charge in [-0.3, -0.25) is 9.78 Å². The Morgan fingerprint density at radius 1 is 1.26 bits per heavy atom. The number of aromatic nitrogens is 1. The van der Waals surface area contributed by atoms with E-state index >= 15 is 0 Å². The predicted octanol–water partition coefficient (Wildman–Crippen LogP) is 1.94. The minimum absolute atomic E-state index is 0.0852. The van der Waals surface area contributed by atoms with Crippen molar-refractivity contribution in [3.05, 3.63) is 53.9 Å². The van der Waals surface area contributed by atoms with E-state index in [9.17, 15) is 4.79 Å². The lowest BCUT2D eigenvalue weighted by Crippen LogP contribution is -2.39. The molecule has 1 aliphatic heterocycles. The molecular formula is C17H20N4O2. The molecule has 3 rings (SSSR count). The lowest BCUT2D eigenvalue weighted by molar-refractivity contribution is -0.117. The minimum Gasteiger partial charge on any atom is -0.495 e. The number of nitrogens with one attached hydrogen (secondary N) is 3. The number of carbonyl (C=O) groups is 1. The SMILES string of the molecule is COc1ccc(C)cc1NC(=O)C1CC(c2ccncc2)NN1. The molecular weight excluding hydrogens is 292 g/mol. The van der Waals surface area contributed by atoms with Crippen molar-refractivity contribution in [3.8, 4) is 5.75 Å². The molecule has 0 spiro atoms. The fraction of sp³-hybridized carbons (Fsp3) is 0.294. The van der Waals surface area contributed by atoms with Gasteiger partial charge in [-0.25, -0.2) is 10.9 Å². The molecule has 3 N–H and O–H groups in total. The van der Waals surface area contributed by atoms with Crippen molar-refractivity contribution >= 4 is 11.6 Å². The summed E-state index contributed by atoms with van der Waals surface area (Å²) >= 11 is 0. The normalized spacial score (nSPS) is 20.3. The van der Waals surface area contributed by atoms with E-state index in [2.05, 4.69) is 21.2 Å². The summed E-state index contributed by atoms with van der Waals surface area (Å²) in [5.74, 6) is 0.568. The van der Waals surface area contributed by atoms with Gasteiger partial charge in [0.1, 0.15) is 11.8 Å². The van der Waals surface area contributed by atoms with E-state index in [-0.39, 0.29) is 18.0 Å². The third-order valence-corrected chi connectivity index (χ3v) is 3.94. The third kappa shape index (κ3) is 3.49. The third-order valence-electron chi connectivity index (χ3n) is 3.94. The summed E-state index contributed by atoms with van der Waals surface area (Å²) in [5, 5.41) is 2.94. The van der Waals surface area contributed by atoms with Gasteiger partial charge in [-0.1, -0.05) is 6.07 Å². The number of hydrazine groups is 1. The van der Waals surface area contributed by atoms with Crippen molar-refractivity contribution in [2.24, 2.45) is 0 Å². The second kappa shape index (κ2) is 6.76. The summed E-state index contributed by atoms with van der Waals surface area (Å²) < 4.78 is 5.30. The van der Waals surface area contributed by atoms with Crippen LogP contribution < -0.4 is 20.9 Å². The van der Waals surface area contributed by atoms with E-state index in [1.54, 1.807) is 19.5 Å². The van der Waals surface area contributed by atoms with Crippen LogP contribution in [0.4, 0.5) is 5.69 Å². The molecule has 2 unspecified atom stereocenters. The first-order valence-corrected chi connectivity index (χ1v) is 7.54. The van der Waals surface area contributed by atoms with E-state index in [0.717, 1.165) is 11.1 Å². The predicted molar refractivity (Wildman–Crippen MR) is 88.0 cm³/mol. The van der Waals surface area contributed by atoms with Crippen molar-refractivity contribution in [2.75, 3.05) is 12.4 Å². The van der Waals surface area contributed by atoms with Crippen LogP contribution in [-0.2, 0) is 4.79 Å². The molecule has 2 atom stereocenters. The standard InChI is InChI=1S/C17H20N4O2/c1-11-3-4-16(23-2)14(9-11)19-17(22)15-10-13(20-21-15)12-5-7-18-8-6-12/h3-9,13,15,20-21H,10H2,1-2H3,(H,19,22). The van der Waals surface area contributed by atoms with Gasteiger partial charge in [-0.15, -0.1) is 0 Å². The Bertz CT molecular complexity index is 690. The molecule has 0 radical (unpaired) electrons. The van der Waals surface area contributed by atoms with E-state index in [1.807, 2.05) is 37.3 Å². The van der Waals surface area contributed by atoms with E-state index < -0.39 is 0 Å². The van der Waals surface area contributed by atoms with E-state index in [0.29, 0.717) is 17.9 Å². The fourth-order valence-corrected chi connectivity index (χ4v) is 2.68. The summed E-state index contributed by atoms with van der Waals surface area (Å²) in [6, 6.07) is 9.38. The number of ether oxygens (including phenoxy) is 1. The van der Waals surface area contributed by atoms with Crippen molar-refractivity contribution in [1.29, 1.82) is 0 Å². The van der Waals surface area contributed by atoms with Gasteiger partial charge in [0.25, 0.3) is 0 Å². The van der Waals surface area contributed by atoms with Crippen LogP contribution >= 0.6 is 0 Å². The molecule has 1 aliphatic rings. The summed E-state index contributed by atoms with van der Waals surface area (Å²) in [6.45, 7) is 1.98. The maximum atomic E-state index is 12.5. The van der Waals surface area contributed by atoms with Crippen molar-refractivity contribution < 1.29 is 9.53 Å². The van der Waals surface area contributed by atoms with Gasteiger partial charge < -0.3 is 10.1 Å². The average Bonchev–Trinajstić information content (AvgIpc) is 3.06. The molecule has 23 heavy (non-hydrogen) atoms. The fourth-order valence-electron chi connectivity index (χ4n) is 2.68. The maximum Gasteiger partial charge on any atom is 0.243 e. The molecule has 6 nitrogen and oxygen atoms in total. The number of hydrogen-bond acceptors (Lipinski definition) is 5. The number of methoxy groups -OCH3 is 1. The lowest BCUT2D eigenvalue weighted by atomic mass is 10.0. The van der Waals surface area contributed by atoms with Crippen LogP contribution in [0.5, 0.6) is 5.75 Å². The first kappa shape index (κ1) is 15.5. The molecule has 0 bridgehead atoms. The van der Waals surface area contributed by atoms with Crippen LogP contribution in [0.2, 0.25) is 0 Å². The largest absolute Gasteiger partial charge is 0.495 e.